The van der Waals surface area contributed by atoms with Crippen LogP contribution in [0.2, 0.25) is 10.0 Å². The summed E-state index contributed by atoms with van der Waals surface area (Å²) < 4.78 is 12.8. The molecule has 2 bridgehead atoms. The van der Waals surface area contributed by atoms with Crippen molar-refractivity contribution in [3.05, 3.63) is 52.4 Å². The van der Waals surface area contributed by atoms with Gasteiger partial charge in [0.1, 0.15) is 22.7 Å². The number of rotatable bonds is 3. The van der Waals surface area contributed by atoms with Gasteiger partial charge in [-0.1, -0.05) is 23.2 Å². The molecule has 3 aliphatic heterocycles. The molecule has 184 valence electrons. The lowest BCUT2D eigenvalue weighted by atomic mass is 9.88. The van der Waals surface area contributed by atoms with E-state index in [0.717, 1.165) is 12.0 Å². The standard InChI is InChI=1S/C25H26Cl2N4O4/c1-25(2,3)35-24(33)31-15-10-16(31)12-30(11-15)23(32)18-13-29-8-7-14(9-20(29)28-18)21-19(34-4)6-5-17(26)22(21)27/h5-9,13,15-16H,10-12H2,1-4H3. The minimum atomic E-state index is -0.550. The maximum Gasteiger partial charge on any atom is 0.410 e. The van der Waals surface area contributed by atoms with Crippen molar-refractivity contribution >= 4 is 40.8 Å². The number of nitrogens with zero attached hydrogens (tertiary/aromatic N) is 4. The molecule has 0 spiro atoms. The third-order valence-electron chi connectivity index (χ3n) is 6.33. The van der Waals surface area contributed by atoms with E-state index in [1.165, 1.54) is 0 Å². The quantitative estimate of drug-likeness (QED) is 0.481. The van der Waals surface area contributed by atoms with E-state index in [2.05, 4.69) is 4.98 Å². The number of piperidine rings is 1. The minimum absolute atomic E-state index is 0.0337. The first-order valence-corrected chi connectivity index (χ1v) is 12.1. The molecule has 8 nitrogen and oxygen atoms in total. The number of pyridine rings is 1. The molecule has 35 heavy (non-hydrogen) atoms. The first kappa shape index (κ1) is 23.8. The van der Waals surface area contributed by atoms with E-state index in [4.69, 9.17) is 32.7 Å². The number of halogens is 2. The zero-order valence-corrected chi connectivity index (χ0v) is 21.4. The first-order valence-electron chi connectivity index (χ1n) is 11.4. The van der Waals surface area contributed by atoms with Crippen LogP contribution in [0.5, 0.6) is 5.75 Å². The largest absolute Gasteiger partial charge is 0.496 e. The maximum atomic E-state index is 13.3. The summed E-state index contributed by atoms with van der Waals surface area (Å²) in [5, 5.41) is 0.811. The molecule has 6 rings (SSSR count). The van der Waals surface area contributed by atoms with Gasteiger partial charge >= 0.3 is 6.09 Å². The van der Waals surface area contributed by atoms with Gasteiger partial charge < -0.3 is 18.8 Å². The Morgan fingerprint density at radius 2 is 1.83 bits per heavy atom. The molecule has 0 radical (unpaired) electrons. The molecular weight excluding hydrogens is 491 g/mol. The fourth-order valence-electron chi connectivity index (χ4n) is 4.76. The van der Waals surface area contributed by atoms with Crippen LogP contribution in [0.15, 0.2) is 36.7 Å². The van der Waals surface area contributed by atoms with E-state index in [9.17, 15) is 9.59 Å². The summed E-state index contributed by atoms with van der Waals surface area (Å²) in [7, 11) is 1.57. The average molecular weight is 517 g/mol. The molecule has 0 N–H and O–H groups in total. The van der Waals surface area contributed by atoms with Gasteiger partial charge in [-0.3, -0.25) is 9.69 Å². The van der Waals surface area contributed by atoms with Crippen molar-refractivity contribution < 1.29 is 19.1 Å². The molecular formula is C25H26Cl2N4O4. The average Bonchev–Trinajstić information content (AvgIpc) is 3.22. The van der Waals surface area contributed by atoms with Gasteiger partial charge in [-0.15, -0.1) is 0 Å². The second kappa shape index (κ2) is 8.60. The van der Waals surface area contributed by atoms with Gasteiger partial charge in [-0.05, 0) is 57.0 Å². The van der Waals surface area contributed by atoms with Crippen LogP contribution in [0, 0.1) is 0 Å². The molecule has 3 aromatic rings. The van der Waals surface area contributed by atoms with Crippen LogP contribution in [0.3, 0.4) is 0 Å². The molecule has 2 atom stereocenters. The Morgan fingerprint density at radius 3 is 2.49 bits per heavy atom. The van der Waals surface area contributed by atoms with Crippen LogP contribution < -0.4 is 4.74 Å². The Kier molecular flexibility index (Phi) is 5.84. The molecule has 1 aromatic carbocycles. The predicted molar refractivity (Wildman–Crippen MR) is 133 cm³/mol. The number of methoxy groups -OCH3 is 1. The minimum Gasteiger partial charge on any atom is -0.496 e. The Bertz CT molecular complexity index is 1320. The lowest BCUT2D eigenvalue weighted by molar-refractivity contribution is -0.0694. The molecule has 3 fully saturated rings. The topological polar surface area (TPSA) is 76.4 Å². The summed E-state index contributed by atoms with van der Waals surface area (Å²) >= 11 is 12.7. The normalized spacial score (nSPS) is 19.5. The summed E-state index contributed by atoms with van der Waals surface area (Å²) in [6, 6.07) is 7.09. The van der Waals surface area contributed by atoms with E-state index < -0.39 is 5.60 Å². The molecule has 3 aliphatic rings. The van der Waals surface area contributed by atoms with Crippen LogP contribution >= 0.6 is 23.2 Å². The molecule has 3 saturated heterocycles. The van der Waals surface area contributed by atoms with Crippen LogP contribution in [0.25, 0.3) is 16.8 Å². The van der Waals surface area contributed by atoms with Crippen LogP contribution in [-0.4, -0.2) is 69.1 Å². The molecule has 5 heterocycles. The van der Waals surface area contributed by atoms with E-state index >= 15 is 0 Å². The van der Waals surface area contributed by atoms with Crippen molar-refractivity contribution in [1.29, 1.82) is 0 Å². The smallest absolute Gasteiger partial charge is 0.410 e. The first-order chi connectivity index (χ1) is 16.6. The number of hydrogen-bond donors (Lipinski definition) is 0. The van der Waals surface area contributed by atoms with E-state index in [1.807, 2.05) is 39.1 Å². The number of carbonyl (C=O) groups excluding carboxylic acids is 2. The maximum absolute atomic E-state index is 13.3. The van der Waals surface area contributed by atoms with Crippen LogP contribution in [0.1, 0.15) is 37.7 Å². The molecule has 2 amide bonds. The van der Waals surface area contributed by atoms with Crippen molar-refractivity contribution in [2.75, 3.05) is 20.2 Å². The summed E-state index contributed by atoms with van der Waals surface area (Å²) in [5.74, 6) is 0.431. The highest BCUT2D eigenvalue weighted by atomic mass is 35.5. The van der Waals surface area contributed by atoms with Gasteiger partial charge in [-0.2, -0.15) is 0 Å². The lowest BCUT2D eigenvalue weighted by Gasteiger charge is -2.55. The number of aromatic nitrogens is 2. The number of amides is 2. The van der Waals surface area contributed by atoms with Crippen LogP contribution in [0.4, 0.5) is 4.79 Å². The highest BCUT2D eigenvalue weighted by Gasteiger charge is 2.50. The summed E-state index contributed by atoms with van der Waals surface area (Å²) in [6.07, 6.45) is 4.09. The van der Waals surface area contributed by atoms with E-state index in [0.29, 0.717) is 45.8 Å². The van der Waals surface area contributed by atoms with Gasteiger partial charge in [0.2, 0.25) is 0 Å². The second-order valence-electron chi connectivity index (χ2n) is 9.89. The van der Waals surface area contributed by atoms with Gasteiger partial charge in [-0.25, -0.2) is 9.78 Å². The fourth-order valence-corrected chi connectivity index (χ4v) is 5.19. The van der Waals surface area contributed by atoms with Crippen molar-refractivity contribution in [3.63, 3.8) is 0 Å². The zero-order chi connectivity index (χ0) is 25.1. The number of carbonyl (C=O) groups is 2. The highest BCUT2D eigenvalue weighted by molar-refractivity contribution is 6.44. The number of fused-ring (bicyclic) bond motifs is 3. The molecule has 0 aliphatic carbocycles. The van der Waals surface area contributed by atoms with E-state index in [1.54, 1.807) is 39.6 Å². The molecule has 2 unspecified atom stereocenters. The monoisotopic (exact) mass is 516 g/mol. The number of ether oxygens (including phenoxy) is 2. The number of imidazole rings is 1. The van der Waals surface area contributed by atoms with Crippen molar-refractivity contribution in [2.24, 2.45) is 0 Å². The second-order valence-corrected chi connectivity index (χ2v) is 10.7. The third kappa shape index (κ3) is 4.29. The number of piperazine rings is 1. The Balaban J connectivity index is 1.36. The Morgan fingerprint density at radius 1 is 1.11 bits per heavy atom. The molecule has 10 heteroatoms. The van der Waals surface area contributed by atoms with Crippen LogP contribution in [-0.2, 0) is 4.74 Å². The number of benzene rings is 1. The highest BCUT2D eigenvalue weighted by Crippen LogP contribution is 2.41. The molecule has 0 saturated carbocycles. The van der Waals surface area contributed by atoms with Gasteiger partial charge in [0.25, 0.3) is 5.91 Å². The molecule has 2 aromatic heterocycles. The third-order valence-corrected chi connectivity index (χ3v) is 7.13. The van der Waals surface area contributed by atoms with Gasteiger partial charge in [0.15, 0.2) is 0 Å². The predicted octanol–water partition coefficient (Wildman–Crippen LogP) is 5.15. The Labute approximate surface area is 213 Å². The van der Waals surface area contributed by atoms with Gasteiger partial charge in [0, 0.05) is 31.0 Å². The van der Waals surface area contributed by atoms with Crippen molar-refractivity contribution in [1.82, 2.24) is 19.2 Å². The van der Waals surface area contributed by atoms with Crippen molar-refractivity contribution in [3.8, 4) is 16.9 Å². The van der Waals surface area contributed by atoms with E-state index in [-0.39, 0.29) is 24.1 Å². The summed E-state index contributed by atoms with van der Waals surface area (Å²) in [4.78, 5) is 33.9. The number of hydrogen-bond acceptors (Lipinski definition) is 5. The zero-order valence-electron chi connectivity index (χ0n) is 19.9. The lowest BCUT2D eigenvalue weighted by Crippen LogP contribution is -2.71. The van der Waals surface area contributed by atoms with Crippen molar-refractivity contribution in [2.45, 2.75) is 44.9 Å². The Hall–Kier alpha value is -2.97. The summed E-state index contributed by atoms with van der Waals surface area (Å²) in [6.45, 7) is 6.47. The SMILES string of the molecule is COc1ccc(Cl)c(Cl)c1-c1ccn2cc(C(=O)N3CC4CC(C3)N4C(=O)OC(C)(C)C)nc2c1. The fraction of sp³-hybridized carbons (Fsp3) is 0.400. The van der Waals surface area contributed by atoms with Gasteiger partial charge in [0.05, 0.1) is 29.2 Å². The summed E-state index contributed by atoms with van der Waals surface area (Å²) in [5.41, 5.74) is 1.83.